The second-order valence-corrected chi connectivity index (χ2v) is 7.33. The first kappa shape index (κ1) is 14.2. The average Bonchev–Trinajstić information content (AvgIpc) is 2.27. The molecule has 0 aromatic heterocycles. The zero-order valence-electron chi connectivity index (χ0n) is 10.1. The molecule has 0 radical (unpaired) electrons. The first-order valence-electron chi connectivity index (χ1n) is 5.32. The Hall–Kier alpha value is -0.880. The maximum absolute atomic E-state index is 11.8. The van der Waals surface area contributed by atoms with E-state index < -0.39 is 26.1 Å². The summed E-state index contributed by atoms with van der Waals surface area (Å²) >= 11 is 0. The first-order chi connectivity index (χ1) is 7.86. The summed E-state index contributed by atoms with van der Waals surface area (Å²) in [4.78, 5) is 0.606. The molecule has 0 heterocycles. The van der Waals surface area contributed by atoms with Gasteiger partial charge >= 0.3 is 0 Å². The number of benzene rings is 1. The van der Waals surface area contributed by atoms with E-state index in [9.17, 15) is 12.6 Å². The lowest BCUT2D eigenvalue weighted by molar-refractivity contribution is 0.586. The van der Waals surface area contributed by atoms with E-state index in [4.69, 9.17) is 0 Å². The molecular formula is C11H17NO3S2. The van der Waals surface area contributed by atoms with Crippen molar-refractivity contribution >= 4 is 26.5 Å². The Balaban J connectivity index is 2.96. The molecule has 6 heteroatoms. The summed E-state index contributed by atoms with van der Waals surface area (Å²) in [6.07, 6.45) is 2.11. The van der Waals surface area contributed by atoms with Gasteiger partial charge in [0.25, 0.3) is 0 Å². The fraction of sp³-hybridized carbons (Fsp3) is 0.455. The van der Waals surface area contributed by atoms with Crippen LogP contribution in [0.25, 0.3) is 0 Å². The van der Waals surface area contributed by atoms with Crippen LogP contribution < -0.4 is 4.72 Å². The van der Waals surface area contributed by atoms with Crippen LogP contribution in [0.15, 0.2) is 29.2 Å². The second kappa shape index (κ2) is 5.64. The Morgan fingerprint density at radius 2 is 2.06 bits per heavy atom. The Bertz CT molecular complexity index is 511. The highest BCUT2D eigenvalue weighted by molar-refractivity contribution is 7.93. The maximum Gasteiger partial charge on any atom is 0.235 e. The molecular weight excluding hydrogens is 258 g/mol. The lowest BCUT2D eigenvalue weighted by atomic mass is 10.3. The molecule has 2 unspecified atom stereocenters. The Kier molecular flexibility index (Phi) is 4.70. The Morgan fingerprint density at radius 1 is 1.41 bits per heavy atom. The smallest absolute Gasteiger partial charge is 0.235 e. The van der Waals surface area contributed by atoms with Gasteiger partial charge in [-0.05, 0) is 31.5 Å². The number of sulfonamides is 1. The van der Waals surface area contributed by atoms with Gasteiger partial charge in [0.15, 0.2) is 0 Å². The van der Waals surface area contributed by atoms with Crippen LogP contribution in [0.4, 0.5) is 5.69 Å². The van der Waals surface area contributed by atoms with E-state index in [0.717, 1.165) is 0 Å². The highest BCUT2D eigenvalue weighted by Crippen LogP contribution is 2.16. The van der Waals surface area contributed by atoms with Crippen LogP contribution in [0.1, 0.15) is 20.3 Å². The minimum atomic E-state index is -3.35. The van der Waals surface area contributed by atoms with Crippen molar-refractivity contribution in [3.63, 3.8) is 0 Å². The molecule has 1 rings (SSSR count). The highest BCUT2D eigenvalue weighted by atomic mass is 32.2. The topological polar surface area (TPSA) is 63.2 Å². The summed E-state index contributed by atoms with van der Waals surface area (Å²) in [6, 6.07) is 6.63. The average molecular weight is 275 g/mol. The summed E-state index contributed by atoms with van der Waals surface area (Å²) in [5.41, 5.74) is 0.456. The third-order valence-corrected chi connectivity index (χ3v) is 5.36. The zero-order chi connectivity index (χ0) is 13.1. The van der Waals surface area contributed by atoms with E-state index in [1.54, 1.807) is 37.4 Å². The van der Waals surface area contributed by atoms with Crippen molar-refractivity contribution in [2.45, 2.75) is 30.4 Å². The first-order valence-corrected chi connectivity index (χ1v) is 8.42. The Morgan fingerprint density at radius 3 is 2.59 bits per heavy atom. The van der Waals surface area contributed by atoms with Gasteiger partial charge in [-0.3, -0.25) is 8.93 Å². The summed E-state index contributed by atoms with van der Waals surface area (Å²) in [6.45, 7) is 3.48. The summed E-state index contributed by atoms with van der Waals surface area (Å²) in [7, 11) is -4.47. The van der Waals surface area contributed by atoms with Gasteiger partial charge in [0.05, 0.1) is 5.25 Å². The molecule has 4 nitrogen and oxygen atoms in total. The van der Waals surface area contributed by atoms with Crippen LogP contribution in [0.2, 0.25) is 0 Å². The molecule has 1 aromatic carbocycles. The van der Waals surface area contributed by atoms with E-state index in [-0.39, 0.29) is 0 Å². The van der Waals surface area contributed by atoms with Gasteiger partial charge in [-0.25, -0.2) is 8.42 Å². The largest absolute Gasteiger partial charge is 0.283 e. The lowest BCUT2D eigenvalue weighted by Crippen LogP contribution is -2.24. The van der Waals surface area contributed by atoms with Gasteiger partial charge in [-0.2, -0.15) is 0 Å². The molecule has 1 aromatic rings. The van der Waals surface area contributed by atoms with Crippen LogP contribution in [-0.2, 0) is 20.8 Å². The summed E-state index contributed by atoms with van der Waals surface area (Å²) < 4.78 is 37.4. The van der Waals surface area contributed by atoms with Crippen molar-refractivity contribution in [2.24, 2.45) is 0 Å². The molecule has 0 fully saturated rings. The normalized spacial score (nSPS) is 15.2. The predicted octanol–water partition coefficient (Wildman–Crippen LogP) is 1.96. The van der Waals surface area contributed by atoms with Crippen molar-refractivity contribution in [1.29, 1.82) is 0 Å². The van der Waals surface area contributed by atoms with Crippen LogP contribution in [0, 0.1) is 0 Å². The number of hydrogen-bond donors (Lipinski definition) is 1. The summed E-state index contributed by atoms with van der Waals surface area (Å²) in [5.74, 6) is 0. The van der Waals surface area contributed by atoms with E-state index in [0.29, 0.717) is 17.0 Å². The predicted molar refractivity (Wildman–Crippen MR) is 71.1 cm³/mol. The molecule has 17 heavy (non-hydrogen) atoms. The molecule has 0 saturated heterocycles. The lowest BCUT2D eigenvalue weighted by Gasteiger charge is -2.13. The van der Waals surface area contributed by atoms with Crippen molar-refractivity contribution < 1.29 is 12.6 Å². The quantitative estimate of drug-likeness (QED) is 0.893. The van der Waals surface area contributed by atoms with Gasteiger partial charge in [-0.15, -0.1) is 0 Å². The third-order valence-electron chi connectivity index (χ3n) is 2.53. The van der Waals surface area contributed by atoms with E-state index in [1.165, 1.54) is 0 Å². The molecule has 0 bridgehead atoms. The second-order valence-electron chi connectivity index (χ2n) is 3.85. The van der Waals surface area contributed by atoms with Crippen molar-refractivity contribution in [3.05, 3.63) is 24.3 Å². The molecule has 0 spiro atoms. The van der Waals surface area contributed by atoms with Gasteiger partial charge in [0.2, 0.25) is 10.0 Å². The van der Waals surface area contributed by atoms with Crippen molar-refractivity contribution in [1.82, 2.24) is 0 Å². The molecule has 0 amide bonds. The van der Waals surface area contributed by atoms with E-state index >= 15 is 0 Å². The standard InChI is InChI=1S/C11H17NO3S2/c1-4-9(2)17(14,15)12-10-6-5-7-11(8-10)16(3)13/h5-9,12H,4H2,1-3H3. The molecule has 0 aliphatic rings. The molecule has 0 aliphatic carbocycles. The maximum atomic E-state index is 11.8. The van der Waals surface area contributed by atoms with Crippen LogP contribution in [0.5, 0.6) is 0 Å². The van der Waals surface area contributed by atoms with Gasteiger partial charge in [0.1, 0.15) is 0 Å². The van der Waals surface area contributed by atoms with Crippen LogP contribution in [-0.4, -0.2) is 24.1 Å². The van der Waals surface area contributed by atoms with Gasteiger partial charge in [-0.1, -0.05) is 13.0 Å². The monoisotopic (exact) mass is 275 g/mol. The van der Waals surface area contributed by atoms with E-state index in [2.05, 4.69) is 4.72 Å². The molecule has 0 saturated carbocycles. The fourth-order valence-corrected chi connectivity index (χ4v) is 2.88. The number of anilines is 1. The number of rotatable bonds is 5. The minimum absolute atomic E-state index is 0.446. The van der Waals surface area contributed by atoms with Crippen LogP contribution >= 0.6 is 0 Å². The number of hydrogen-bond acceptors (Lipinski definition) is 3. The molecule has 1 N–H and O–H groups in total. The summed E-state index contributed by atoms with van der Waals surface area (Å²) in [5, 5.41) is -0.446. The van der Waals surface area contributed by atoms with Crippen molar-refractivity contribution in [3.8, 4) is 0 Å². The van der Waals surface area contributed by atoms with Crippen LogP contribution in [0.3, 0.4) is 0 Å². The molecule has 96 valence electrons. The zero-order valence-corrected chi connectivity index (χ0v) is 11.8. The molecule has 0 aliphatic heterocycles. The van der Waals surface area contributed by atoms with Gasteiger partial charge < -0.3 is 0 Å². The molecule has 2 atom stereocenters. The van der Waals surface area contributed by atoms with E-state index in [1.807, 2.05) is 6.92 Å². The highest BCUT2D eigenvalue weighted by Gasteiger charge is 2.18. The third kappa shape index (κ3) is 3.81. The van der Waals surface area contributed by atoms with Gasteiger partial charge in [0, 0.05) is 27.6 Å². The Labute approximate surface area is 105 Å². The SMILES string of the molecule is CCC(C)S(=O)(=O)Nc1cccc(S(C)=O)c1. The minimum Gasteiger partial charge on any atom is -0.283 e. The fourth-order valence-electron chi connectivity index (χ4n) is 1.22. The number of nitrogens with one attached hydrogen (secondary N) is 1. The van der Waals surface area contributed by atoms with Crippen molar-refractivity contribution in [2.75, 3.05) is 11.0 Å².